The van der Waals surface area contributed by atoms with Crippen molar-refractivity contribution in [3.8, 4) is 0 Å². The summed E-state index contributed by atoms with van der Waals surface area (Å²) in [6.07, 6.45) is 1.81. The maximum absolute atomic E-state index is 12.4. The first-order valence-corrected chi connectivity index (χ1v) is 6.98. The van der Waals surface area contributed by atoms with Crippen LogP contribution in [0.2, 0.25) is 0 Å². The van der Waals surface area contributed by atoms with Crippen molar-refractivity contribution in [3.63, 3.8) is 0 Å². The van der Waals surface area contributed by atoms with E-state index in [1.54, 1.807) is 0 Å². The highest BCUT2D eigenvalue weighted by atomic mass is 32.1. The van der Waals surface area contributed by atoms with E-state index >= 15 is 0 Å². The number of carboxylic acid groups (broad SMARTS) is 1. The summed E-state index contributed by atoms with van der Waals surface area (Å²) in [6, 6.07) is 9.74. The minimum absolute atomic E-state index is 0.105. The lowest BCUT2D eigenvalue weighted by Gasteiger charge is -2.19. The molecule has 1 aromatic carbocycles. The third kappa shape index (κ3) is 2.46. The number of carbonyl (C=O) groups excluding carboxylic acids is 1. The number of hydrogen-bond donors (Lipinski definition) is 1. The predicted octanol–water partition coefficient (Wildman–Crippen LogP) is 2.59. The zero-order valence-corrected chi connectivity index (χ0v) is 11.0. The average molecular weight is 275 g/mol. The molecule has 0 bridgehead atoms. The van der Waals surface area contributed by atoms with Gasteiger partial charge >= 0.3 is 5.97 Å². The zero-order chi connectivity index (χ0) is 13.4. The van der Waals surface area contributed by atoms with Gasteiger partial charge in [-0.2, -0.15) is 0 Å². The van der Waals surface area contributed by atoms with Crippen LogP contribution in [0.1, 0.15) is 22.5 Å². The number of hydrogen-bond acceptors (Lipinski definition) is 3. The first kappa shape index (κ1) is 12.2. The average Bonchev–Trinajstić information content (AvgIpc) is 3.13. The summed E-state index contributed by atoms with van der Waals surface area (Å²) in [5.74, 6) is -1.12. The summed E-state index contributed by atoms with van der Waals surface area (Å²) in [6.45, 7) is -0.211. The van der Waals surface area contributed by atoms with Crippen LogP contribution in [0.15, 0.2) is 30.3 Å². The maximum atomic E-state index is 12.4. The molecule has 98 valence electrons. The lowest BCUT2D eigenvalue weighted by Crippen LogP contribution is -2.37. The molecule has 2 aromatic rings. The summed E-state index contributed by atoms with van der Waals surface area (Å²) >= 11 is 1.42. The highest BCUT2D eigenvalue weighted by Crippen LogP contribution is 2.31. The third-order valence-electron chi connectivity index (χ3n) is 3.19. The van der Waals surface area contributed by atoms with Crippen LogP contribution in [0.4, 0.5) is 0 Å². The summed E-state index contributed by atoms with van der Waals surface area (Å²) < 4.78 is 1.05. The molecule has 19 heavy (non-hydrogen) atoms. The first-order chi connectivity index (χ1) is 9.15. The fraction of sp³-hybridized carbons (Fsp3) is 0.286. The predicted molar refractivity (Wildman–Crippen MR) is 73.5 cm³/mol. The van der Waals surface area contributed by atoms with Gasteiger partial charge in [0.05, 0.1) is 4.88 Å². The Bertz CT molecular complexity index is 612. The van der Waals surface area contributed by atoms with E-state index in [2.05, 4.69) is 0 Å². The summed E-state index contributed by atoms with van der Waals surface area (Å²) in [7, 11) is 0. The van der Waals surface area contributed by atoms with Crippen molar-refractivity contribution < 1.29 is 14.7 Å². The molecule has 0 spiro atoms. The molecule has 0 radical (unpaired) electrons. The fourth-order valence-corrected chi connectivity index (χ4v) is 3.15. The Morgan fingerprint density at radius 2 is 2.05 bits per heavy atom. The van der Waals surface area contributed by atoms with Crippen molar-refractivity contribution in [3.05, 3.63) is 35.2 Å². The quantitative estimate of drug-likeness (QED) is 0.933. The van der Waals surface area contributed by atoms with Crippen molar-refractivity contribution in [1.82, 2.24) is 4.90 Å². The van der Waals surface area contributed by atoms with Crippen LogP contribution in [-0.2, 0) is 4.79 Å². The number of benzene rings is 1. The van der Waals surface area contributed by atoms with Crippen LogP contribution in [0, 0.1) is 0 Å². The lowest BCUT2D eigenvalue weighted by molar-refractivity contribution is -0.137. The molecular weight excluding hydrogens is 262 g/mol. The molecular formula is C14H13NO3S. The van der Waals surface area contributed by atoms with E-state index < -0.39 is 5.97 Å². The van der Waals surface area contributed by atoms with Crippen LogP contribution in [0.5, 0.6) is 0 Å². The molecule has 1 saturated carbocycles. The second-order valence-electron chi connectivity index (χ2n) is 4.71. The van der Waals surface area contributed by atoms with Crippen molar-refractivity contribution >= 4 is 33.3 Å². The van der Waals surface area contributed by atoms with Gasteiger partial charge < -0.3 is 10.0 Å². The molecule has 3 rings (SSSR count). The fourth-order valence-electron chi connectivity index (χ4n) is 2.13. The molecule has 0 saturated heterocycles. The monoisotopic (exact) mass is 275 g/mol. The molecule has 0 atom stereocenters. The molecule has 1 N–H and O–H groups in total. The third-order valence-corrected chi connectivity index (χ3v) is 4.29. The Morgan fingerprint density at radius 1 is 1.32 bits per heavy atom. The van der Waals surface area contributed by atoms with Gasteiger partial charge in [-0.05, 0) is 30.4 Å². The largest absolute Gasteiger partial charge is 0.480 e. The van der Waals surface area contributed by atoms with E-state index in [4.69, 9.17) is 5.11 Å². The van der Waals surface area contributed by atoms with Crippen LogP contribution in [0.3, 0.4) is 0 Å². The van der Waals surface area contributed by atoms with Gasteiger partial charge in [0.1, 0.15) is 6.54 Å². The minimum atomic E-state index is -0.957. The Labute approximate surface area is 114 Å². The van der Waals surface area contributed by atoms with E-state index in [9.17, 15) is 9.59 Å². The van der Waals surface area contributed by atoms with Gasteiger partial charge in [-0.1, -0.05) is 18.2 Å². The molecule has 1 aliphatic carbocycles. The van der Waals surface area contributed by atoms with Crippen molar-refractivity contribution in [2.24, 2.45) is 0 Å². The first-order valence-electron chi connectivity index (χ1n) is 6.16. The van der Waals surface area contributed by atoms with Gasteiger partial charge in [-0.15, -0.1) is 11.3 Å². The number of fused-ring (bicyclic) bond motifs is 1. The molecule has 1 aromatic heterocycles. The summed E-state index contributed by atoms with van der Waals surface area (Å²) in [5, 5.41) is 9.94. The number of thiophene rings is 1. The molecule has 5 heteroatoms. The van der Waals surface area contributed by atoms with Crippen LogP contribution in [0.25, 0.3) is 10.1 Å². The molecule has 0 unspecified atom stereocenters. The lowest BCUT2D eigenvalue weighted by atomic mass is 10.2. The summed E-state index contributed by atoms with van der Waals surface area (Å²) in [4.78, 5) is 25.4. The van der Waals surface area contributed by atoms with Crippen molar-refractivity contribution in [2.75, 3.05) is 6.54 Å². The SMILES string of the molecule is O=C(O)CN(C(=O)c1cc2ccccc2s1)C1CC1. The maximum Gasteiger partial charge on any atom is 0.323 e. The van der Waals surface area contributed by atoms with Crippen LogP contribution < -0.4 is 0 Å². The second kappa shape index (κ2) is 4.66. The van der Waals surface area contributed by atoms with Gasteiger partial charge in [-0.3, -0.25) is 9.59 Å². The van der Waals surface area contributed by atoms with Gasteiger partial charge in [0.15, 0.2) is 0 Å². The number of carboxylic acids is 1. The Kier molecular flexibility index (Phi) is 2.98. The van der Waals surface area contributed by atoms with E-state index in [1.807, 2.05) is 30.3 Å². The second-order valence-corrected chi connectivity index (χ2v) is 5.79. The zero-order valence-electron chi connectivity index (χ0n) is 10.2. The standard InChI is InChI=1S/C14H13NO3S/c16-13(17)8-15(10-5-6-10)14(18)12-7-9-3-1-2-4-11(9)19-12/h1-4,7,10H,5-6,8H2,(H,16,17). The Morgan fingerprint density at radius 3 is 2.68 bits per heavy atom. The number of rotatable bonds is 4. The topological polar surface area (TPSA) is 57.6 Å². The Hall–Kier alpha value is -1.88. The van der Waals surface area contributed by atoms with Gasteiger partial charge in [0.25, 0.3) is 5.91 Å². The van der Waals surface area contributed by atoms with E-state index in [0.717, 1.165) is 22.9 Å². The summed E-state index contributed by atoms with van der Waals surface area (Å²) in [5.41, 5.74) is 0. The van der Waals surface area contributed by atoms with Crippen molar-refractivity contribution in [2.45, 2.75) is 18.9 Å². The number of amides is 1. The van der Waals surface area contributed by atoms with Gasteiger partial charge in [0, 0.05) is 10.7 Å². The smallest absolute Gasteiger partial charge is 0.323 e. The van der Waals surface area contributed by atoms with E-state index in [0.29, 0.717) is 4.88 Å². The molecule has 1 heterocycles. The van der Waals surface area contributed by atoms with Crippen LogP contribution in [-0.4, -0.2) is 34.5 Å². The Balaban J connectivity index is 1.90. The van der Waals surface area contributed by atoms with Crippen molar-refractivity contribution in [1.29, 1.82) is 0 Å². The minimum Gasteiger partial charge on any atom is -0.480 e. The molecule has 4 nitrogen and oxygen atoms in total. The molecule has 0 aliphatic heterocycles. The van der Waals surface area contributed by atoms with Crippen LogP contribution >= 0.6 is 11.3 Å². The molecule has 1 amide bonds. The number of carbonyl (C=O) groups is 2. The molecule has 1 aliphatic rings. The normalized spacial score (nSPS) is 14.5. The molecule has 1 fully saturated rings. The highest BCUT2D eigenvalue weighted by molar-refractivity contribution is 7.20. The van der Waals surface area contributed by atoms with E-state index in [1.165, 1.54) is 16.2 Å². The van der Waals surface area contributed by atoms with Gasteiger partial charge in [0.2, 0.25) is 0 Å². The highest BCUT2D eigenvalue weighted by Gasteiger charge is 2.34. The van der Waals surface area contributed by atoms with E-state index in [-0.39, 0.29) is 18.5 Å². The van der Waals surface area contributed by atoms with Gasteiger partial charge in [-0.25, -0.2) is 0 Å². The number of aliphatic carboxylic acids is 1. The number of nitrogens with zero attached hydrogens (tertiary/aromatic N) is 1.